The van der Waals surface area contributed by atoms with Gasteiger partial charge in [0.2, 0.25) is 11.8 Å². The minimum absolute atomic E-state index is 0.0116. The number of primary amides is 1. The van der Waals surface area contributed by atoms with Crippen LogP contribution in [0.2, 0.25) is 0 Å². The lowest BCUT2D eigenvalue weighted by molar-refractivity contribution is -0.139. The Balaban J connectivity index is 2.31. The first kappa shape index (κ1) is 7.05. The van der Waals surface area contributed by atoms with Gasteiger partial charge in [0.1, 0.15) is 0 Å². The maximum absolute atomic E-state index is 10.6. The van der Waals surface area contributed by atoms with Crippen molar-refractivity contribution in [3.8, 4) is 0 Å². The molecule has 56 valence electrons. The van der Waals surface area contributed by atoms with E-state index in [9.17, 15) is 9.59 Å². The van der Waals surface area contributed by atoms with Gasteiger partial charge in [0.15, 0.2) is 0 Å². The minimum atomic E-state index is -0.308. The fourth-order valence-electron chi connectivity index (χ4n) is 0.916. The van der Waals surface area contributed by atoms with E-state index in [1.165, 1.54) is 6.92 Å². The topological polar surface area (TPSA) is 63.4 Å². The number of carbonyl (C=O) groups excluding carboxylic acids is 2. The fourth-order valence-corrected chi connectivity index (χ4v) is 0.916. The maximum Gasteiger partial charge on any atom is 0.224 e. The van der Waals surface area contributed by atoms with Gasteiger partial charge in [-0.15, -0.1) is 0 Å². The molecule has 0 radical (unpaired) electrons. The standard InChI is InChI=1S/C6H10N2O2/c1-4(9)8-2-5(3-8)6(7)10/h5H,2-3H2,1H3,(H2,7,10). The zero-order valence-corrected chi connectivity index (χ0v) is 5.83. The van der Waals surface area contributed by atoms with Gasteiger partial charge in [0, 0.05) is 20.0 Å². The highest BCUT2D eigenvalue weighted by Crippen LogP contribution is 2.13. The Morgan fingerprint density at radius 2 is 2.00 bits per heavy atom. The molecule has 0 aromatic carbocycles. The van der Waals surface area contributed by atoms with Gasteiger partial charge in [-0.05, 0) is 0 Å². The Labute approximate surface area is 59.0 Å². The molecule has 0 aromatic heterocycles. The van der Waals surface area contributed by atoms with Crippen LogP contribution in [-0.2, 0) is 9.59 Å². The Morgan fingerprint density at radius 3 is 2.30 bits per heavy atom. The molecule has 0 unspecified atom stereocenters. The zero-order valence-electron chi connectivity index (χ0n) is 5.83. The highest BCUT2D eigenvalue weighted by molar-refractivity contribution is 5.82. The van der Waals surface area contributed by atoms with Crippen molar-refractivity contribution >= 4 is 11.8 Å². The monoisotopic (exact) mass is 142 g/mol. The Morgan fingerprint density at radius 1 is 1.50 bits per heavy atom. The van der Waals surface area contributed by atoms with Gasteiger partial charge in [-0.25, -0.2) is 0 Å². The summed E-state index contributed by atoms with van der Waals surface area (Å²) < 4.78 is 0. The van der Waals surface area contributed by atoms with Crippen LogP contribution in [0, 0.1) is 5.92 Å². The van der Waals surface area contributed by atoms with Crippen molar-refractivity contribution in [2.75, 3.05) is 13.1 Å². The van der Waals surface area contributed by atoms with E-state index in [4.69, 9.17) is 5.73 Å². The largest absolute Gasteiger partial charge is 0.369 e. The van der Waals surface area contributed by atoms with Crippen LogP contribution in [0.4, 0.5) is 0 Å². The van der Waals surface area contributed by atoms with Crippen molar-refractivity contribution < 1.29 is 9.59 Å². The van der Waals surface area contributed by atoms with Crippen LogP contribution in [0.5, 0.6) is 0 Å². The SMILES string of the molecule is CC(=O)N1CC(C(N)=O)C1. The molecule has 1 rings (SSSR count). The average molecular weight is 142 g/mol. The highest BCUT2D eigenvalue weighted by Gasteiger charge is 2.32. The van der Waals surface area contributed by atoms with E-state index in [1.807, 2.05) is 0 Å². The Kier molecular flexibility index (Phi) is 1.61. The summed E-state index contributed by atoms with van der Waals surface area (Å²) in [4.78, 5) is 22.6. The molecule has 0 saturated carbocycles. The van der Waals surface area contributed by atoms with Crippen LogP contribution in [-0.4, -0.2) is 29.8 Å². The van der Waals surface area contributed by atoms with Crippen molar-refractivity contribution in [3.63, 3.8) is 0 Å². The van der Waals surface area contributed by atoms with Gasteiger partial charge >= 0.3 is 0 Å². The van der Waals surface area contributed by atoms with Crippen LogP contribution >= 0.6 is 0 Å². The highest BCUT2D eigenvalue weighted by atomic mass is 16.2. The molecule has 0 aromatic rings. The third-order valence-electron chi connectivity index (χ3n) is 1.73. The van der Waals surface area contributed by atoms with Crippen LogP contribution in [0.1, 0.15) is 6.92 Å². The number of likely N-dealkylation sites (tertiary alicyclic amines) is 1. The van der Waals surface area contributed by atoms with E-state index in [-0.39, 0.29) is 17.7 Å². The van der Waals surface area contributed by atoms with Gasteiger partial charge in [-0.3, -0.25) is 9.59 Å². The summed E-state index contributed by atoms with van der Waals surface area (Å²) in [6.07, 6.45) is 0. The van der Waals surface area contributed by atoms with E-state index >= 15 is 0 Å². The molecular formula is C6H10N2O2. The number of rotatable bonds is 1. The number of nitrogens with zero attached hydrogens (tertiary/aromatic N) is 1. The molecule has 1 fully saturated rings. The molecule has 4 heteroatoms. The average Bonchev–Trinajstić information content (AvgIpc) is 1.56. The van der Waals surface area contributed by atoms with Crippen LogP contribution in [0.3, 0.4) is 0 Å². The molecule has 2 amide bonds. The number of hydrogen-bond acceptors (Lipinski definition) is 2. The normalized spacial score (nSPS) is 18.3. The molecule has 0 atom stereocenters. The van der Waals surface area contributed by atoms with E-state index in [1.54, 1.807) is 4.90 Å². The first-order valence-electron chi connectivity index (χ1n) is 3.16. The summed E-state index contributed by atoms with van der Waals surface area (Å²) in [6, 6.07) is 0. The molecule has 4 nitrogen and oxygen atoms in total. The van der Waals surface area contributed by atoms with Crippen molar-refractivity contribution in [1.29, 1.82) is 0 Å². The summed E-state index contributed by atoms with van der Waals surface area (Å²) in [5.41, 5.74) is 4.98. The lowest BCUT2D eigenvalue weighted by Crippen LogP contribution is -2.54. The second kappa shape index (κ2) is 2.28. The fraction of sp³-hybridized carbons (Fsp3) is 0.667. The smallest absolute Gasteiger partial charge is 0.224 e. The first-order valence-corrected chi connectivity index (χ1v) is 3.16. The molecule has 1 aliphatic heterocycles. The van der Waals surface area contributed by atoms with Gasteiger partial charge in [-0.2, -0.15) is 0 Å². The van der Waals surface area contributed by atoms with E-state index in [2.05, 4.69) is 0 Å². The summed E-state index contributed by atoms with van der Waals surface area (Å²) in [6.45, 7) is 2.49. The molecule has 1 heterocycles. The molecule has 0 bridgehead atoms. The second-order valence-corrected chi connectivity index (χ2v) is 2.52. The lowest BCUT2D eigenvalue weighted by atomic mass is 10.00. The van der Waals surface area contributed by atoms with Crippen LogP contribution in [0.25, 0.3) is 0 Å². The van der Waals surface area contributed by atoms with Crippen molar-refractivity contribution in [2.45, 2.75) is 6.92 Å². The van der Waals surface area contributed by atoms with E-state index in [0.29, 0.717) is 13.1 Å². The molecule has 10 heavy (non-hydrogen) atoms. The lowest BCUT2D eigenvalue weighted by Gasteiger charge is -2.36. The Hall–Kier alpha value is -1.06. The number of amides is 2. The van der Waals surface area contributed by atoms with Gasteiger partial charge < -0.3 is 10.6 Å². The third kappa shape index (κ3) is 1.10. The van der Waals surface area contributed by atoms with Crippen molar-refractivity contribution in [2.24, 2.45) is 11.7 Å². The zero-order chi connectivity index (χ0) is 7.72. The summed E-state index contributed by atoms with van der Waals surface area (Å²) in [5, 5.41) is 0. The Bertz CT molecular complexity index is 155. The molecule has 1 aliphatic rings. The summed E-state index contributed by atoms with van der Waals surface area (Å²) in [7, 11) is 0. The van der Waals surface area contributed by atoms with Gasteiger partial charge in [0.05, 0.1) is 5.92 Å². The van der Waals surface area contributed by atoms with E-state index < -0.39 is 0 Å². The molecule has 0 aliphatic carbocycles. The van der Waals surface area contributed by atoms with Gasteiger partial charge in [-0.1, -0.05) is 0 Å². The first-order chi connectivity index (χ1) is 4.61. The molecule has 2 N–H and O–H groups in total. The predicted molar refractivity (Wildman–Crippen MR) is 34.9 cm³/mol. The number of carbonyl (C=O) groups is 2. The van der Waals surface area contributed by atoms with E-state index in [0.717, 1.165) is 0 Å². The van der Waals surface area contributed by atoms with Crippen molar-refractivity contribution in [3.05, 3.63) is 0 Å². The predicted octanol–water partition coefficient (Wildman–Crippen LogP) is -1.05. The number of hydrogen-bond donors (Lipinski definition) is 1. The quantitative estimate of drug-likeness (QED) is 0.507. The summed E-state index contributed by atoms with van der Waals surface area (Å²) >= 11 is 0. The number of nitrogens with two attached hydrogens (primary N) is 1. The van der Waals surface area contributed by atoms with Crippen LogP contribution in [0.15, 0.2) is 0 Å². The van der Waals surface area contributed by atoms with Crippen LogP contribution < -0.4 is 5.73 Å². The molecular weight excluding hydrogens is 132 g/mol. The summed E-state index contributed by atoms with van der Waals surface area (Å²) in [5.74, 6) is -0.404. The minimum Gasteiger partial charge on any atom is -0.369 e. The third-order valence-corrected chi connectivity index (χ3v) is 1.73. The molecule has 1 saturated heterocycles. The second-order valence-electron chi connectivity index (χ2n) is 2.52. The van der Waals surface area contributed by atoms with Gasteiger partial charge in [0.25, 0.3) is 0 Å². The molecule has 0 spiro atoms. The van der Waals surface area contributed by atoms with Crippen molar-refractivity contribution in [1.82, 2.24) is 4.90 Å². The maximum atomic E-state index is 10.6.